The molecule has 1 aliphatic heterocycles. The van der Waals surface area contributed by atoms with E-state index in [9.17, 15) is 0 Å². The highest BCUT2D eigenvalue weighted by atomic mass is 35.5. The fourth-order valence-electron chi connectivity index (χ4n) is 1.26. The van der Waals surface area contributed by atoms with Crippen molar-refractivity contribution in [1.29, 1.82) is 0 Å². The van der Waals surface area contributed by atoms with Crippen molar-refractivity contribution in [1.82, 2.24) is 5.01 Å². The molecule has 0 amide bonds. The molecule has 0 aromatic heterocycles. The molecule has 14 heavy (non-hydrogen) atoms. The van der Waals surface area contributed by atoms with Crippen LogP contribution >= 0.6 is 11.6 Å². The molecule has 0 spiro atoms. The number of hydrogen-bond donors (Lipinski definition) is 0. The van der Waals surface area contributed by atoms with Crippen molar-refractivity contribution in [3.8, 4) is 0 Å². The fraction of sp³-hybridized carbons (Fsp3) is 0.600. The summed E-state index contributed by atoms with van der Waals surface area (Å²) in [5.74, 6) is 0.296. The molecular weight excluding hydrogens is 198 g/mol. The Morgan fingerprint density at radius 3 is 2.57 bits per heavy atom. The zero-order valence-electron chi connectivity index (χ0n) is 9.03. The summed E-state index contributed by atoms with van der Waals surface area (Å²) in [6.07, 6.45) is 3.73. The maximum atomic E-state index is 5.88. The monoisotopic (exact) mass is 213 g/mol. The average molecular weight is 214 g/mol. The van der Waals surface area contributed by atoms with Crippen molar-refractivity contribution in [3.63, 3.8) is 0 Å². The van der Waals surface area contributed by atoms with Crippen molar-refractivity contribution < 1.29 is 0 Å². The van der Waals surface area contributed by atoms with Crippen LogP contribution < -0.4 is 0 Å². The number of hydrazone groups is 1. The molecule has 4 heteroatoms. The first-order valence-electron chi connectivity index (χ1n) is 4.68. The Morgan fingerprint density at radius 2 is 2.00 bits per heavy atom. The number of aliphatic imine (C=N–C) groups is 1. The largest absolute Gasteiger partial charge is 0.303 e. The predicted molar refractivity (Wildman–Crippen MR) is 62.2 cm³/mol. The molecule has 0 saturated carbocycles. The van der Waals surface area contributed by atoms with E-state index in [1.807, 2.05) is 27.1 Å². The van der Waals surface area contributed by atoms with Gasteiger partial charge in [-0.3, -0.25) is 4.99 Å². The summed E-state index contributed by atoms with van der Waals surface area (Å²) in [7, 11) is 3.82. The van der Waals surface area contributed by atoms with Crippen LogP contribution in [0.2, 0.25) is 0 Å². The lowest BCUT2D eigenvalue weighted by molar-refractivity contribution is 0.431. The SMILES string of the molecule is CC1N=C(Cl)C=C/C(=N\N(C)C)C1C. The Hall–Kier alpha value is -0.830. The van der Waals surface area contributed by atoms with Gasteiger partial charge in [0, 0.05) is 20.0 Å². The lowest BCUT2D eigenvalue weighted by Crippen LogP contribution is -2.21. The molecule has 1 aliphatic rings. The van der Waals surface area contributed by atoms with E-state index < -0.39 is 0 Å². The second-order valence-corrected chi connectivity index (χ2v) is 4.07. The minimum absolute atomic E-state index is 0.177. The Kier molecular flexibility index (Phi) is 3.69. The minimum Gasteiger partial charge on any atom is -0.303 e. The van der Waals surface area contributed by atoms with E-state index in [4.69, 9.17) is 11.6 Å². The van der Waals surface area contributed by atoms with Crippen LogP contribution in [0.1, 0.15) is 13.8 Å². The summed E-state index contributed by atoms with van der Waals surface area (Å²) >= 11 is 5.88. The van der Waals surface area contributed by atoms with Gasteiger partial charge in [-0.2, -0.15) is 5.10 Å². The summed E-state index contributed by atoms with van der Waals surface area (Å²) in [6, 6.07) is 0.177. The lowest BCUT2D eigenvalue weighted by atomic mass is 9.99. The molecule has 1 heterocycles. The smallest absolute Gasteiger partial charge is 0.123 e. The van der Waals surface area contributed by atoms with E-state index in [0.717, 1.165) is 5.71 Å². The van der Waals surface area contributed by atoms with Crippen LogP contribution in [-0.2, 0) is 0 Å². The van der Waals surface area contributed by atoms with Gasteiger partial charge < -0.3 is 5.01 Å². The van der Waals surface area contributed by atoms with E-state index in [-0.39, 0.29) is 6.04 Å². The summed E-state index contributed by atoms with van der Waals surface area (Å²) in [5, 5.41) is 6.74. The molecule has 0 aliphatic carbocycles. The topological polar surface area (TPSA) is 28.0 Å². The van der Waals surface area contributed by atoms with Gasteiger partial charge in [-0.05, 0) is 19.1 Å². The molecule has 0 aromatic rings. The first-order valence-corrected chi connectivity index (χ1v) is 5.05. The normalized spacial score (nSPS) is 30.1. The molecule has 0 radical (unpaired) electrons. The van der Waals surface area contributed by atoms with Crippen LogP contribution in [0, 0.1) is 5.92 Å². The molecule has 0 bridgehead atoms. The third-order valence-electron chi connectivity index (χ3n) is 2.22. The fourth-order valence-corrected chi connectivity index (χ4v) is 1.47. The minimum atomic E-state index is 0.177. The highest BCUT2D eigenvalue weighted by Gasteiger charge is 2.18. The van der Waals surface area contributed by atoms with Gasteiger partial charge in [0.05, 0.1) is 11.8 Å². The van der Waals surface area contributed by atoms with Gasteiger partial charge >= 0.3 is 0 Å². The number of rotatable bonds is 1. The number of halogens is 1. The molecule has 0 fully saturated rings. The first-order chi connectivity index (χ1) is 6.50. The molecule has 3 nitrogen and oxygen atoms in total. The van der Waals surface area contributed by atoms with Crippen molar-refractivity contribution >= 4 is 22.5 Å². The Balaban J connectivity index is 2.95. The highest BCUT2D eigenvalue weighted by molar-refractivity contribution is 6.68. The molecule has 0 N–H and O–H groups in total. The molecule has 2 unspecified atom stereocenters. The molecule has 0 saturated heterocycles. The highest BCUT2D eigenvalue weighted by Crippen LogP contribution is 2.15. The van der Waals surface area contributed by atoms with Gasteiger partial charge in [-0.25, -0.2) is 0 Å². The molecule has 2 atom stereocenters. The Labute approximate surface area is 90.2 Å². The van der Waals surface area contributed by atoms with Crippen LogP contribution in [0.25, 0.3) is 0 Å². The van der Waals surface area contributed by atoms with Crippen molar-refractivity contribution in [2.24, 2.45) is 16.0 Å². The second-order valence-electron chi connectivity index (χ2n) is 3.69. The second kappa shape index (κ2) is 4.60. The van der Waals surface area contributed by atoms with Crippen molar-refractivity contribution in [2.75, 3.05) is 14.1 Å². The summed E-state index contributed by atoms with van der Waals surface area (Å²) in [5.41, 5.74) is 1.02. The van der Waals surface area contributed by atoms with E-state index in [1.54, 1.807) is 11.1 Å². The third kappa shape index (κ3) is 2.84. The maximum Gasteiger partial charge on any atom is 0.123 e. The number of allylic oxidation sites excluding steroid dienone is 2. The zero-order chi connectivity index (χ0) is 10.7. The third-order valence-corrected chi connectivity index (χ3v) is 2.45. The van der Waals surface area contributed by atoms with Crippen LogP contribution in [0.15, 0.2) is 22.2 Å². The van der Waals surface area contributed by atoms with Gasteiger partial charge in [0.1, 0.15) is 5.17 Å². The quantitative estimate of drug-likeness (QED) is 0.614. The summed E-state index contributed by atoms with van der Waals surface area (Å²) in [6.45, 7) is 4.15. The van der Waals surface area contributed by atoms with Crippen LogP contribution in [-0.4, -0.2) is 36.0 Å². The van der Waals surface area contributed by atoms with E-state index >= 15 is 0 Å². The van der Waals surface area contributed by atoms with Crippen LogP contribution in [0.5, 0.6) is 0 Å². The standard InChI is InChI=1S/C10H16ClN3/c1-7-8(2)12-10(11)6-5-9(7)13-14(3)4/h5-8H,1-4H3/b13-9+. The van der Waals surface area contributed by atoms with E-state index in [1.165, 1.54) is 0 Å². The zero-order valence-corrected chi connectivity index (χ0v) is 9.78. The molecular formula is C10H16ClN3. The van der Waals surface area contributed by atoms with Crippen LogP contribution in [0.4, 0.5) is 0 Å². The summed E-state index contributed by atoms with van der Waals surface area (Å²) < 4.78 is 0. The lowest BCUT2D eigenvalue weighted by Gasteiger charge is -2.16. The maximum absolute atomic E-state index is 5.88. The predicted octanol–water partition coefficient (Wildman–Crippen LogP) is 2.14. The Morgan fingerprint density at radius 1 is 1.36 bits per heavy atom. The Bertz CT molecular complexity index is 292. The van der Waals surface area contributed by atoms with Gasteiger partial charge in [0.2, 0.25) is 0 Å². The van der Waals surface area contributed by atoms with Gasteiger partial charge in [0.15, 0.2) is 0 Å². The van der Waals surface area contributed by atoms with Crippen molar-refractivity contribution in [3.05, 3.63) is 12.2 Å². The number of nitrogens with zero attached hydrogens (tertiary/aromatic N) is 3. The van der Waals surface area contributed by atoms with Crippen LogP contribution in [0.3, 0.4) is 0 Å². The van der Waals surface area contributed by atoms with E-state index in [2.05, 4.69) is 17.0 Å². The molecule has 1 rings (SSSR count). The number of hydrogen-bond acceptors (Lipinski definition) is 3. The van der Waals surface area contributed by atoms with Gasteiger partial charge in [0.25, 0.3) is 0 Å². The first kappa shape index (κ1) is 11.2. The molecule has 0 aromatic carbocycles. The van der Waals surface area contributed by atoms with Crippen molar-refractivity contribution in [2.45, 2.75) is 19.9 Å². The molecule has 78 valence electrons. The summed E-state index contributed by atoms with van der Waals surface area (Å²) in [4.78, 5) is 4.31. The van der Waals surface area contributed by atoms with Gasteiger partial charge in [-0.15, -0.1) is 0 Å². The van der Waals surface area contributed by atoms with E-state index in [0.29, 0.717) is 11.1 Å². The van der Waals surface area contributed by atoms with Gasteiger partial charge in [-0.1, -0.05) is 18.5 Å². The average Bonchev–Trinajstić information content (AvgIpc) is 2.18.